The highest BCUT2D eigenvalue weighted by Gasteiger charge is 2.23. The van der Waals surface area contributed by atoms with Crippen LogP contribution in [0.3, 0.4) is 0 Å². The van der Waals surface area contributed by atoms with Crippen LogP contribution in [0.15, 0.2) is 18.2 Å². The predicted octanol–water partition coefficient (Wildman–Crippen LogP) is 3.00. The standard InChI is InChI=1S/C14H20FNO/c1-3-4-11-5-6-12(15)9-14(11)16-8-7-13(10-16)17-2/h5-6,9,13H,3-4,7-8,10H2,1-2H3. The fourth-order valence-corrected chi connectivity index (χ4v) is 2.45. The quantitative estimate of drug-likeness (QED) is 0.798. The van der Waals surface area contributed by atoms with E-state index in [9.17, 15) is 4.39 Å². The van der Waals surface area contributed by atoms with Gasteiger partial charge in [-0.3, -0.25) is 0 Å². The Balaban J connectivity index is 2.21. The lowest BCUT2D eigenvalue weighted by Crippen LogP contribution is -2.23. The molecule has 2 rings (SSSR count). The molecule has 1 saturated heterocycles. The normalized spacial score (nSPS) is 19.9. The van der Waals surface area contributed by atoms with E-state index in [0.29, 0.717) is 0 Å². The summed E-state index contributed by atoms with van der Waals surface area (Å²) in [7, 11) is 1.74. The molecule has 0 radical (unpaired) electrons. The molecule has 1 atom stereocenters. The van der Waals surface area contributed by atoms with E-state index in [1.54, 1.807) is 19.2 Å². The lowest BCUT2D eigenvalue weighted by Gasteiger charge is -2.22. The molecule has 1 aliphatic heterocycles. The fourth-order valence-electron chi connectivity index (χ4n) is 2.45. The van der Waals surface area contributed by atoms with Gasteiger partial charge in [-0.1, -0.05) is 19.4 Å². The fraction of sp³-hybridized carbons (Fsp3) is 0.571. The van der Waals surface area contributed by atoms with Crippen molar-refractivity contribution in [3.63, 3.8) is 0 Å². The van der Waals surface area contributed by atoms with Gasteiger partial charge in [0.2, 0.25) is 0 Å². The van der Waals surface area contributed by atoms with E-state index in [4.69, 9.17) is 4.74 Å². The van der Waals surface area contributed by atoms with Crippen LogP contribution in [0, 0.1) is 5.82 Å². The van der Waals surface area contributed by atoms with Gasteiger partial charge in [0.1, 0.15) is 5.82 Å². The summed E-state index contributed by atoms with van der Waals surface area (Å²) in [5.74, 6) is -0.152. The third kappa shape index (κ3) is 2.78. The number of benzene rings is 1. The first kappa shape index (κ1) is 12.4. The predicted molar refractivity (Wildman–Crippen MR) is 68.0 cm³/mol. The lowest BCUT2D eigenvalue weighted by atomic mass is 10.1. The second-order valence-electron chi connectivity index (χ2n) is 4.62. The van der Waals surface area contributed by atoms with Crippen molar-refractivity contribution in [2.45, 2.75) is 32.3 Å². The van der Waals surface area contributed by atoms with Crippen molar-refractivity contribution in [2.24, 2.45) is 0 Å². The van der Waals surface area contributed by atoms with Crippen molar-refractivity contribution in [1.29, 1.82) is 0 Å². The number of methoxy groups -OCH3 is 1. The Morgan fingerprint density at radius 1 is 1.47 bits per heavy atom. The molecule has 0 aliphatic carbocycles. The van der Waals surface area contributed by atoms with Gasteiger partial charge < -0.3 is 9.64 Å². The molecule has 0 saturated carbocycles. The van der Waals surface area contributed by atoms with Crippen molar-refractivity contribution in [1.82, 2.24) is 0 Å². The van der Waals surface area contributed by atoms with Crippen LogP contribution in [0.2, 0.25) is 0 Å². The summed E-state index contributed by atoms with van der Waals surface area (Å²) in [6, 6.07) is 5.12. The zero-order valence-electron chi connectivity index (χ0n) is 10.6. The summed E-state index contributed by atoms with van der Waals surface area (Å²) in [6.07, 6.45) is 3.40. The van der Waals surface area contributed by atoms with Gasteiger partial charge in [-0.05, 0) is 30.5 Å². The average molecular weight is 237 g/mol. The Morgan fingerprint density at radius 2 is 2.29 bits per heavy atom. The molecule has 0 aromatic heterocycles. The SMILES string of the molecule is CCCc1ccc(F)cc1N1CCC(OC)C1. The summed E-state index contributed by atoms with van der Waals surface area (Å²) in [6.45, 7) is 3.98. The molecular weight excluding hydrogens is 217 g/mol. The van der Waals surface area contributed by atoms with Crippen molar-refractivity contribution in [2.75, 3.05) is 25.1 Å². The van der Waals surface area contributed by atoms with Crippen LogP contribution in [0.1, 0.15) is 25.3 Å². The van der Waals surface area contributed by atoms with Gasteiger partial charge in [0, 0.05) is 25.9 Å². The van der Waals surface area contributed by atoms with Gasteiger partial charge in [0.05, 0.1) is 6.10 Å². The third-order valence-electron chi connectivity index (χ3n) is 3.39. The topological polar surface area (TPSA) is 12.5 Å². The summed E-state index contributed by atoms with van der Waals surface area (Å²) in [4.78, 5) is 2.24. The van der Waals surface area contributed by atoms with Gasteiger partial charge >= 0.3 is 0 Å². The van der Waals surface area contributed by atoms with Crippen LogP contribution in [0.5, 0.6) is 0 Å². The molecule has 0 bridgehead atoms. The van der Waals surface area contributed by atoms with Crippen LogP contribution >= 0.6 is 0 Å². The highest BCUT2D eigenvalue weighted by atomic mass is 19.1. The zero-order valence-corrected chi connectivity index (χ0v) is 10.6. The van der Waals surface area contributed by atoms with Crippen molar-refractivity contribution in [3.05, 3.63) is 29.6 Å². The maximum atomic E-state index is 13.4. The molecule has 2 nitrogen and oxygen atoms in total. The number of hydrogen-bond donors (Lipinski definition) is 0. The maximum absolute atomic E-state index is 13.4. The summed E-state index contributed by atoms with van der Waals surface area (Å²) >= 11 is 0. The molecule has 94 valence electrons. The first-order valence-corrected chi connectivity index (χ1v) is 6.30. The first-order valence-electron chi connectivity index (χ1n) is 6.30. The Morgan fingerprint density at radius 3 is 2.94 bits per heavy atom. The van der Waals surface area contributed by atoms with E-state index in [1.165, 1.54) is 5.56 Å². The molecule has 1 unspecified atom stereocenters. The largest absolute Gasteiger partial charge is 0.380 e. The van der Waals surface area contributed by atoms with Crippen LogP contribution in [0.4, 0.5) is 10.1 Å². The smallest absolute Gasteiger partial charge is 0.125 e. The van der Waals surface area contributed by atoms with E-state index >= 15 is 0 Å². The van der Waals surface area contributed by atoms with Gasteiger partial charge in [0.25, 0.3) is 0 Å². The van der Waals surface area contributed by atoms with Crippen LogP contribution in [-0.4, -0.2) is 26.3 Å². The molecule has 0 amide bonds. The molecular formula is C14H20FNO. The Hall–Kier alpha value is -1.09. The summed E-state index contributed by atoms with van der Waals surface area (Å²) in [5, 5.41) is 0. The van der Waals surface area contributed by atoms with Crippen LogP contribution in [0.25, 0.3) is 0 Å². The minimum atomic E-state index is -0.152. The first-order chi connectivity index (χ1) is 8.24. The minimum Gasteiger partial charge on any atom is -0.380 e. The summed E-state index contributed by atoms with van der Waals surface area (Å²) < 4.78 is 18.7. The second kappa shape index (κ2) is 5.50. The third-order valence-corrected chi connectivity index (χ3v) is 3.39. The molecule has 1 aromatic rings. The van der Waals surface area contributed by atoms with Gasteiger partial charge in [-0.2, -0.15) is 0 Å². The number of aryl methyl sites for hydroxylation is 1. The highest BCUT2D eigenvalue weighted by molar-refractivity contribution is 5.55. The Labute approximate surface area is 102 Å². The molecule has 0 N–H and O–H groups in total. The van der Waals surface area contributed by atoms with E-state index in [0.717, 1.165) is 38.0 Å². The summed E-state index contributed by atoms with van der Waals surface area (Å²) in [5.41, 5.74) is 2.29. The molecule has 0 spiro atoms. The number of nitrogens with zero attached hydrogens (tertiary/aromatic N) is 1. The number of anilines is 1. The van der Waals surface area contributed by atoms with Crippen LogP contribution in [-0.2, 0) is 11.2 Å². The van der Waals surface area contributed by atoms with Crippen LogP contribution < -0.4 is 4.90 Å². The van der Waals surface area contributed by atoms with E-state index in [-0.39, 0.29) is 11.9 Å². The van der Waals surface area contributed by atoms with Gasteiger partial charge in [0.15, 0.2) is 0 Å². The van der Waals surface area contributed by atoms with Gasteiger partial charge in [-0.15, -0.1) is 0 Å². The van der Waals surface area contributed by atoms with Crippen molar-refractivity contribution < 1.29 is 9.13 Å². The number of rotatable bonds is 4. The van der Waals surface area contributed by atoms with E-state index in [1.807, 2.05) is 6.07 Å². The van der Waals surface area contributed by atoms with E-state index < -0.39 is 0 Å². The zero-order chi connectivity index (χ0) is 12.3. The number of ether oxygens (including phenoxy) is 1. The molecule has 3 heteroatoms. The number of hydrogen-bond acceptors (Lipinski definition) is 2. The Bertz CT molecular complexity index is 380. The average Bonchev–Trinajstić information content (AvgIpc) is 2.80. The minimum absolute atomic E-state index is 0.152. The van der Waals surface area contributed by atoms with E-state index in [2.05, 4.69) is 11.8 Å². The molecule has 1 heterocycles. The lowest BCUT2D eigenvalue weighted by molar-refractivity contribution is 0.121. The number of halogens is 1. The van der Waals surface area contributed by atoms with Crippen molar-refractivity contribution in [3.8, 4) is 0 Å². The maximum Gasteiger partial charge on any atom is 0.125 e. The highest BCUT2D eigenvalue weighted by Crippen LogP contribution is 2.27. The second-order valence-corrected chi connectivity index (χ2v) is 4.62. The monoisotopic (exact) mass is 237 g/mol. The molecule has 1 aliphatic rings. The Kier molecular flexibility index (Phi) is 4.00. The molecule has 1 aromatic carbocycles. The van der Waals surface area contributed by atoms with Gasteiger partial charge in [-0.25, -0.2) is 4.39 Å². The molecule has 1 fully saturated rings. The molecule has 17 heavy (non-hydrogen) atoms. The van der Waals surface area contributed by atoms with Crippen molar-refractivity contribution >= 4 is 5.69 Å².